The molecular formula is C12H12O5S2. The highest BCUT2D eigenvalue weighted by Gasteiger charge is 2.24. The van der Waals surface area contributed by atoms with Crippen LogP contribution in [-0.2, 0) is 19.7 Å². The van der Waals surface area contributed by atoms with Crippen LogP contribution in [0.1, 0.15) is 0 Å². The van der Waals surface area contributed by atoms with Crippen LogP contribution in [0.25, 0.3) is 11.3 Å². The molecule has 0 fully saturated rings. The number of benzene rings is 1. The first-order valence-corrected chi connectivity index (χ1v) is 9.07. The van der Waals surface area contributed by atoms with Crippen molar-refractivity contribution in [3.8, 4) is 11.3 Å². The standard InChI is InChI=1S/C12H12O5S2/c1-18(13,14)10-8-11(19(2,15)16)17-12(10)9-6-4-3-5-7-9/h3-8H,1-2H3. The fourth-order valence-corrected chi connectivity index (χ4v) is 3.06. The van der Waals surface area contributed by atoms with E-state index < -0.39 is 19.7 Å². The van der Waals surface area contributed by atoms with Crippen molar-refractivity contribution >= 4 is 19.7 Å². The Labute approximate surface area is 111 Å². The minimum absolute atomic E-state index is 0.0449. The normalized spacial score (nSPS) is 12.5. The van der Waals surface area contributed by atoms with Crippen LogP contribution >= 0.6 is 0 Å². The molecule has 0 aliphatic carbocycles. The summed E-state index contributed by atoms with van der Waals surface area (Å²) in [6, 6.07) is 9.55. The first-order valence-electron chi connectivity index (χ1n) is 5.29. The number of furan rings is 1. The highest BCUT2D eigenvalue weighted by Crippen LogP contribution is 2.32. The molecule has 5 nitrogen and oxygen atoms in total. The van der Waals surface area contributed by atoms with E-state index in [-0.39, 0.29) is 15.7 Å². The fourth-order valence-electron chi connectivity index (χ4n) is 1.60. The van der Waals surface area contributed by atoms with E-state index in [1.165, 1.54) is 0 Å². The second-order valence-electron chi connectivity index (χ2n) is 4.17. The zero-order valence-corrected chi connectivity index (χ0v) is 12.0. The van der Waals surface area contributed by atoms with E-state index >= 15 is 0 Å². The van der Waals surface area contributed by atoms with E-state index in [0.717, 1.165) is 18.6 Å². The van der Waals surface area contributed by atoms with Crippen LogP contribution in [0, 0.1) is 0 Å². The van der Waals surface area contributed by atoms with Gasteiger partial charge in [0.05, 0.1) is 0 Å². The van der Waals surface area contributed by atoms with Crippen molar-refractivity contribution in [3.63, 3.8) is 0 Å². The second kappa shape index (κ2) is 4.50. The minimum Gasteiger partial charge on any atom is -0.443 e. The van der Waals surface area contributed by atoms with Gasteiger partial charge in [0.15, 0.2) is 15.6 Å². The Balaban J connectivity index is 2.77. The molecule has 102 valence electrons. The van der Waals surface area contributed by atoms with Crippen molar-refractivity contribution in [2.45, 2.75) is 9.99 Å². The molecule has 0 aliphatic heterocycles. The molecule has 0 unspecified atom stereocenters. The predicted octanol–water partition coefficient (Wildman–Crippen LogP) is 1.75. The molecule has 0 aliphatic rings. The molecule has 0 spiro atoms. The monoisotopic (exact) mass is 300 g/mol. The van der Waals surface area contributed by atoms with Crippen molar-refractivity contribution in [2.24, 2.45) is 0 Å². The van der Waals surface area contributed by atoms with Crippen LogP contribution in [0.2, 0.25) is 0 Å². The third kappa shape index (κ3) is 2.87. The van der Waals surface area contributed by atoms with Crippen LogP contribution in [-0.4, -0.2) is 29.3 Å². The maximum absolute atomic E-state index is 11.7. The highest BCUT2D eigenvalue weighted by molar-refractivity contribution is 7.91. The first kappa shape index (κ1) is 13.8. The Hall–Kier alpha value is -1.60. The van der Waals surface area contributed by atoms with Gasteiger partial charge in [0.1, 0.15) is 4.90 Å². The molecular weight excluding hydrogens is 288 g/mol. The first-order chi connectivity index (χ1) is 8.69. The molecule has 0 saturated carbocycles. The van der Waals surface area contributed by atoms with Gasteiger partial charge >= 0.3 is 0 Å². The summed E-state index contributed by atoms with van der Waals surface area (Å²) >= 11 is 0. The Morgan fingerprint density at radius 2 is 1.47 bits per heavy atom. The maximum Gasteiger partial charge on any atom is 0.219 e. The zero-order valence-electron chi connectivity index (χ0n) is 10.3. The summed E-state index contributed by atoms with van der Waals surface area (Å²) in [5.41, 5.74) is 0.512. The average molecular weight is 300 g/mol. The summed E-state index contributed by atoms with van der Waals surface area (Å²) in [5, 5.41) is -0.355. The van der Waals surface area contributed by atoms with Gasteiger partial charge in [0, 0.05) is 24.1 Å². The topological polar surface area (TPSA) is 81.4 Å². The van der Waals surface area contributed by atoms with Gasteiger partial charge < -0.3 is 4.42 Å². The molecule has 1 aromatic carbocycles. The van der Waals surface area contributed by atoms with Crippen molar-refractivity contribution < 1.29 is 21.3 Å². The number of sulfone groups is 2. The van der Waals surface area contributed by atoms with Crippen molar-refractivity contribution in [3.05, 3.63) is 36.4 Å². The van der Waals surface area contributed by atoms with Crippen LogP contribution in [0.3, 0.4) is 0 Å². The van der Waals surface area contributed by atoms with E-state index in [2.05, 4.69) is 0 Å². The van der Waals surface area contributed by atoms with Gasteiger partial charge in [0.25, 0.3) is 0 Å². The molecule has 0 saturated heterocycles. The van der Waals surface area contributed by atoms with Crippen LogP contribution in [0.15, 0.2) is 50.8 Å². The lowest BCUT2D eigenvalue weighted by atomic mass is 10.2. The van der Waals surface area contributed by atoms with E-state index in [4.69, 9.17) is 4.42 Å². The zero-order chi connectivity index (χ0) is 14.3. The average Bonchev–Trinajstić information content (AvgIpc) is 2.74. The predicted molar refractivity (Wildman–Crippen MR) is 70.4 cm³/mol. The third-order valence-electron chi connectivity index (χ3n) is 2.48. The van der Waals surface area contributed by atoms with Gasteiger partial charge in [-0.1, -0.05) is 30.3 Å². The summed E-state index contributed by atoms with van der Waals surface area (Å²) < 4.78 is 51.6. The molecule has 1 aromatic heterocycles. The molecule has 7 heteroatoms. The van der Waals surface area contributed by atoms with Gasteiger partial charge in [-0.2, -0.15) is 0 Å². The minimum atomic E-state index is -3.60. The molecule has 0 N–H and O–H groups in total. The van der Waals surface area contributed by atoms with Gasteiger partial charge in [-0.25, -0.2) is 16.8 Å². The Kier molecular flexibility index (Phi) is 3.27. The lowest BCUT2D eigenvalue weighted by Gasteiger charge is -1.99. The van der Waals surface area contributed by atoms with Gasteiger partial charge in [-0.3, -0.25) is 0 Å². The number of hydrogen-bond donors (Lipinski definition) is 0. The summed E-state index contributed by atoms with van der Waals surface area (Å²) in [4.78, 5) is -0.126. The summed E-state index contributed by atoms with van der Waals surface area (Å²) in [5.74, 6) is 0.0449. The Bertz CT molecular complexity index is 799. The Morgan fingerprint density at radius 3 is 1.95 bits per heavy atom. The van der Waals surface area contributed by atoms with Crippen LogP contribution in [0.4, 0.5) is 0 Å². The van der Waals surface area contributed by atoms with E-state index in [9.17, 15) is 16.8 Å². The molecule has 0 amide bonds. The SMILES string of the molecule is CS(=O)(=O)c1cc(S(C)(=O)=O)c(-c2ccccc2)o1. The molecule has 1 heterocycles. The lowest BCUT2D eigenvalue weighted by molar-refractivity contribution is 0.461. The molecule has 2 aromatic rings. The van der Waals surface area contributed by atoms with Crippen molar-refractivity contribution in [1.29, 1.82) is 0 Å². The highest BCUT2D eigenvalue weighted by atomic mass is 32.2. The van der Waals surface area contributed by atoms with E-state index in [1.807, 2.05) is 0 Å². The van der Waals surface area contributed by atoms with Gasteiger partial charge in [0.2, 0.25) is 14.9 Å². The van der Waals surface area contributed by atoms with Crippen LogP contribution in [0.5, 0.6) is 0 Å². The third-order valence-corrected chi connectivity index (χ3v) is 4.51. The summed E-state index contributed by atoms with van der Waals surface area (Å²) in [6.45, 7) is 0. The molecule has 0 bridgehead atoms. The van der Waals surface area contributed by atoms with E-state index in [0.29, 0.717) is 5.56 Å². The largest absolute Gasteiger partial charge is 0.443 e. The maximum atomic E-state index is 11.7. The quantitative estimate of drug-likeness (QED) is 0.862. The summed E-state index contributed by atoms with van der Waals surface area (Å²) in [7, 11) is -7.18. The second-order valence-corrected chi connectivity index (χ2v) is 8.10. The number of rotatable bonds is 3. The molecule has 2 rings (SSSR count). The molecule has 0 atom stereocenters. The van der Waals surface area contributed by atoms with E-state index in [1.54, 1.807) is 30.3 Å². The van der Waals surface area contributed by atoms with Crippen LogP contribution < -0.4 is 0 Å². The smallest absolute Gasteiger partial charge is 0.219 e. The Morgan fingerprint density at radius 1 is 0.895 bits per heavy atom. The summed E-state index contributed by atoms with van der Waals surface area (Å²) in [6.07, 6.45) is 1.98. The molecule has 19 heavy (non-hydrogen) atoms. The lowest BCUT2D eigenvalue weighted by Crippen LogP contribution is -1.97. The fraction of sp³-hybridized carbons (Fsp3) is 0.167. The van der Waals surface area contributed by atoms with Gasteiger partial charge in [-0.15, -0.1) is 0 Å². The number of hydrogen-bond acceptors (Lipinski definition) is 5. The van der Waals surface area contributed by atoms with Crippen molar-refractivity contribution in [2.75, 3.05) is 12.5 Å². The molecule has 0 radical (unpaired) electrons. The van der Waals surface area contributed by atoms with Crippen molar-refractivity contribution in [1.82, 2.24) is 0 Å². The van der Waals surface area contributed by atoms with Gasteiger partial charge in [-0.05, 0) is 0 Å².